The fourth-order valence-electron chi connectivity index (χ4n) is 2.01. The van der Waals surface area contributed by atoms with Crippen molar-refractivity contribution in [2.45, 2.75) is 42.9 Å². The topological polar surface area (TPSA) is 46.3 Å². The molecule has 2 rings (SSSR count). The van der Waals surface area contributed by atoms with E-state index in [4.69, 9.17) is 5.73 Å². The van der Waals surface area contributed by atoms with Gasteiger partial charge in [-0.1, -0.05) is 0 Å². The highest BCUT2D eigenvalue weighted by molar-refractivity contribution is 8.01. The predicted molar refractivity (Wildman–Crippen MR) is 54.4 cm³/mol. The number of fused-ring (bicyclic) bond motifs is 1. The Morgan fingerprint density at radius 1 is 1.62 bits per heavy atom. The second-order valence-corrected chi connectivity index (χ2v) is 6.16. The first kappa shape index (κ1) is 9.34. The zero-order chi connectivity index (χ0) is 9.64. The number of thioether (sulfide) groups is 1. The number of hydrogen-bond acceptors (Lipinski definition) is 3. The van der Waals surface area contributed by atoms with Gasteiger partial charge in [0, 0.05) is 11.3 Å². The van der Waals surface area contributed by atoms with Crippen LogP contribution in [0.2, 0.25) is 0 Å². The molecule has 1 amide bonds. The molecule has 0 saturated carbocycles. The zero-order valence-corrected chi connectivity index (χ0v) is 8.93. The van der Waals surface area contributed by atoms with Crippen LogP contribution in [0.5, 0.6) is 0 Å². The lowest BCUT2D eigenvalue weighted by Gasteiger charge is -2.42. The van der Waals surface area contributed by atoms with Gasteiger partial charge in [-0.2, -0.15) is 0 Å². The summed E-state index contributed by atoms with van der Waals surface area (Å²) in [6.07, 6.45) is 2.26. The van der Waals surface area contributed by atoms with Crippen molar-refractivity contribution < 1.29 is 4.79 Å². The second kappa shape index (κ2) is 2.89. The Hall–Kier alpha value is -0.220. The van der Waals surface area contributed by atoms with Gasteiger partial charge in [-0.05, 0) is 26.7 Å². The lowest BCUT2D eigenvalue weighted by atomic mass is 10.0. The third kappa shape index (κ3) is 1.36. The molecule has 4 heteroatoms. The van der Waals surface area contributed by atoms with E-state index in [9.17, 15) is 4.79 Å². The molecule has 3 nitrogen and oxygen atoms in total. The number of carbonyl (C=O) groups excluding carboxylic acids is 1. The molecule has 0 aromatic carbocycles. The molecule has 0 bridgehead atoms. The molecule has 13 heavy (non-hydrogen) atoms. The van der Waals surface area contributed by atoms with E-state index in [0.29, 0.717) is 5.37 Å². The molecule has 0 aromatic heterocycles. The van der Waals surface area contributed by atoms with Crippen LogP contribution in [-0.2, 0) is 4.79 Å². The van der Waals surface area contributed by atoms with Gasteiger partial charge in [-0.15, -0.1) is 11.8 Å². The fraction of sp³-hybridized carbons (Fsp3) is 0.889. The highest BCUT2D eigenvalue weighted by Crippen LogP contribution is 2.42. The number of nitrogens with zero attached hydrogens (tertiary/aromatic N) is 1. The van der Waals surface area contributed by atoms with E-state index in [1.165, 1.54) is 0 Å². The van der Waals surface area contributed by atoms with E-state index in [1.54, 1.807) is 0 Å². The van der Waals surface area contributed by atoms with Crippen molar-refractivity contribution in [2.24, 2.45) is 5.73 Å². The van der Waals surface area contributed by atoms with Gasteiger partial charge in [-0.25, -0.2) is 0 Å². The van der Waals surface area contributed by atoms with Crippen molar-refractivity contribution in [1.82, 2.24) is 4.90 Å². The molecule has 2 fully saturated rings. The Bertz CT molecular complexity index is 238. The molecule has 0 unspecified atom stereocenters. The Labute approximate surface area is 83.0 Å². The zero-order valence-electron chi connectivity index (χ0n) is 8.12. The van der Waals surface area contributed by atoms with Crippen LogP contribution in [0.15, 0.2) is 0 Å². The summed E-state index contributed by atoms with van der Waals surface area (Å²) in [6.45, 7) is 5.03. The summed E-state index contributed by atoms with van der Waals surface area (Å²) in [7, 11) is 0. The first-order valence-electron chi connectivity index (χ1n) is 4.76. The minimum absolute atomic E-state index is 0.0947. The standard InChI is InChI=1S/C9H16N2OS/c1-9(2)7(10)8(12)11-5-3-4-6(11)13-9/h6-7H,3-5,10H2,1-2H3/t6-,7+/m0/s1. The van der Waals surface area contributed by atoms with Gasteiger partial charge in [-0.3, -0.25) is 4.79 Å². The van der Waals surface area contributed by atoms with Gasteiger partial charge in [0.2, 0.25) is 5.91 Å². The molecule has 2 heterocycles. The molecule has 2 saturated heterocycles. The highest BCUT2D eigenvalue weighted by atomic mass is 32.2. The van der Waals surface area contributed by atoms with Crippen LogP contribution < -0.4 is 5.73 Å². The van der Waals surface area contributed by atoms with Crippen LogP contribution in [-0.4, -0.2) is 33.5 Å². The molecule has 0 spiro atoms. The summed E-state index contributed by atoms with van der Waals surface area (Å²) < 4.78 is -0.0947. The first-order valence-corrected chi connectivity index (χ1v) is 5.64. The van der Waals surface area contributed by atoms with E-state index in [-0.39, 0.29) is 16.7 Å². The summed E-state index contributed by atoms with van der Waals surface area (Å²) in [5.41, 5.74) is 5.90. The third-order valence-electron chi connectivity index (χ3n) is 2.94. The number of carbonyl (C=O) groups is 1. The average molecular weight is 200 g/mol. The van der Waals surface area contributed by atoms with Gasteiger partial charge >= 0.3 is 0 Å². The number of amides is 1. The van der Waals surface area contributed by atoms with E-state index in [0.717, 1.165) is 19.4 Å². The molecule has 0 radical (unpaired) electrons. The van der Waals surface area contributed by atoms with Gasteiger partial charge in [0.1, 0.15) is 0 Å². The van der Waals surface area contributed by atoms with Crippen LogP contribution in [0, 0.1) is 0 Å². The summed E-state index contributed by atoms with van der Waals surface area (Å²) in [5, 5.41) is 0.391. The maximum absolute atomic E-state index is 11.8. The van der Waals surface area contributed by atoms with Crippen molar-refractivity contribution in [3.8, 4) is 0 Å². The normalized spacial score (nSPS) is 37.8. The van der Waals surface area contributed by atoms with Crippen LogP contribution in [0.4, 0.5) is 0 Å². The van der Waals surface area contributed by atoms with Crippen molar-refractivity contribution in [3.05, 3.63) is 0 Å². The molecular formula is C9H16N2OS. The minimum Gasteiger partial charge on any atom is -0.329 e. The average Bonchev–Trinajstić information content (AvgIpc) is 2.47. The van der Waals surface area contributed by atoms with Gasteiger partial charge in [0.25, 0.3) is 0 Å². The number of nitrogens with two attached hydrogens (primary N) is 1. The van der Waals surface area contributed by atoms with Gasteiger partial charge < -0.3 is 10.6 Å². The quantitative estimate of drug-likeness (QED) is 0.629. The van der Waals surface area contributed by atoms with Crippen LogP contribution in [0.25, 0.3) is 0 Å². The smallest absolute Gasteiger partial charge is 0.241 e. The summed E-state index contributed by atoms with van der Waals surface area (Å²) in [4.78, 5) is 13.8. The first-order chi connectivity index (χ1) is 6.02. The highest BCUT2D eigenvalue weighted by Gasteiger charge is 2.46. The predicted octanol–water partition coefficient (Wildman–Crippen LogP) is 0.788. The van der Waals surface area contributed by atoms with Crippen LogP contribution >= 0.6 is 11.8 Å². The Kier molecular flexibility index (Phi) is 2.07. The Morgan fingerprint density at radius 2 is 2.31 bits per heavy atom. The summed E-state index contributed by atoms with van der Waals surface area (Å²) in [6, 6.07) is -0.327. The van der Waals surface area contributed by atoms with Crippen molar-refractivity contribution in [3.63, 3.8) is 0 Å². The minimum atomic E-state index is -0.327. The Morgan fingerprint density at radius 3 is 3.00 bits per heavy atom. The van der Waals surface area contributed by atoms with Crippen molar-refractivity contribution in [1.29, 1.82) is 0 Å². The maximum atomic E-state index is 11.8. The van der Waals surface area contributed by atoms with Gasteiger partial charge in [0.05, 0.1) is 11.4 Å². The van der Waals surface area contributed by atoms with E-state index < -0.39 is 0 Å². The molecule has 0 aromatic rings. The van der Waals surface area contributed by atoms with E-state index >= 15 is 0 Å². The molecule has 2 aliphatic heterocycles. The largest absolute Gasteiger partial charge is 0.329 e. The molecular weight excluding hydrogens is 184 g/mol. The van der Waals surface area contributed by atoms with Crippen molar-refractivity contribution in [2.75, 3.05) is 6.54 Å². The number of rotatable bonds is 0. The maximum Gasteiger partial charge on any atom is 0.241 e. The molecule has 0 aliphatic carbocycles. The van der Waals surface area contributed by atoms with E-state index in [2.05, 4.69) is 13.8 Å². The third-order valence-corrected chi connectivity index (χ3v) is 4.56. The second-order valence-electron chi connectivity index (χ2n) is 4.33. The lowest BCUT2D eigenvalue weighted by molar-refractivity contribution is -0.133. The molecule has 74 valence electrons. The SMILES string of the molecule is CC1(C)S[C@H]2CCCN2C(=O)[C@H]1N. The van der Waals surface area contributed by atoms with Crippen LogP contribution in [0.3, 0.4) is 0 Å². The summed E-state index contributed by atoms with van der Waals surface area (Å²) >= 11 is 1.85. The van der Waals surface area contributed by atoms with E-state index in [1.807, 2.05) is 16.7 Å². The molecule has 2 atom stereocenters. The molecule has 2 N–H and O–H groups in total. The monoisotopic (exact) mass is 200 g/mol. The lowest BCUT2D eigenvalue weighted by Crippen LogP contribution is -2.59. The number of hydrogen-bond donors (Lipinski definition) is 1. The fourth-order valence-corrected chi connectivity index (χ4v) is 3.58. The Balaban J connectivity index is 2.23. The summed E-state index contributed by atoms with van der Waals surface area (Å²) in [5.74, 6) is 0.145. The van der Waals surface area contributed by atoms with Gasteiger partial charge in [0.15, 0.2) is 0 Å². The van der Waals surface area contributed by atoms with Crippen LogP contribution in [0.1, 0.15) is 26.7 Å². The van der Waals surface area contributed by atoms with Crippen molar-refractivity contribution >= 4 is 17.7 Å². The molecule has 2 aliphatic rings.